The average molecular weight is 390 g/mol. The highest BCUT2D eigenvalue weighted by Crippen LogP contribution is 2.38. The van der Waals surface area contributed by atoms with E-state index in [1.165, 1.54) is 4.90 Å². The van der Waals surface area contributed by atoms with Gasteiger partial charge in [-0.1, -0.05) is 20.8 Å². The summed E-state index contributed by atoms with van der Waals surface area (Å²) in [6, 6.07) is -0.224. The van der Waals surface area contributed by atoms with Gasteiger partial charge in [-0.2, -0.15) is 0 Å². The fraction of sp³-hybridized carbons (Fsp3) is 0.700. The highest BCUT2D eigenvalue weighted by Gasteiger charge is 2.58. The molecule has 0 aliphatic carbocycles. The number of carbonyl (C=O) groups is 3. The van der Waals surface area contributed by atoms with Gasteiger partial charge in [0.15, 0.2) is 0 Å². The van der Waals surface area contributed by atoms with Crippen molar-refractivity contribution >= 4 is 17.8 Å². The van der Waals surface area contributed by atoms with Gasteiger partial charge >= 0.3 is 6.03 Å². The minimum absolute atomic E-state index is 0.103. The maximum absolute atomic E-state index is 13.5. The highest BCUT2D eigenvalue weighted by atomic mass is 16.2. The predicted octanol–water partition coefficient (Wildman–Crippen LogP) is 2.09. The first-order valence-corrected chi connectivity index (χ1v) is 10.2. The zero-order valence-electron chi connectivity index (χ0n) is 17.3. The Morgan fingerprint density at radius 2 is 1.89 bits per heavy atom. The lowest BCUT2D eigenvalue weighted by Crippen LogP contribution is -2.58. The molecule has 3 heterocycles. The number of hydrogen-bond donors (Lipinski definition) is 0. The zero-order chi connectivity index (χ0) is 20.5. The molecular weight excluding hydrogens is 358 g/mol. The third-order valence-electron chi connectivity index (χ3n) is 5.87. The van der Waals surface area contributed by atoms with Gasteiger partial charge in [0.25, 0.3) is 5.91 Å². The van der Waals surface area contributed by atoms with Crippen LogP contribution in [-0.4, -0.2) is 67.3 Å². The number of imidazole rings is 1. The molecule has 0 saturated carbocycles. The number of hydrogen-bond acceptors (Lipinski definition) is 4. The van der Waals surface area contributed by atoms with Gasteiger partial charge in [-0.05, 0) is 25.7 Å². The Balaban J connectivity index is 1.87. The molecule has 0 aromatic carbocycles. The SMILES string of the molecule is CCC(=O)N1CCC2(CC1)C(=O)N(Cc1cncn1CC)C(=O)N2CC(C)C. The maximum atomic E-state index is 13.5. The van der Waals surface area contributed by atoms with Crippen molar-refractivity contribution in [2.24, 2.45) is 5.92 Å². The number of nitrogens with zero attached hydrogens (tertiary/aromatic N) is 5. The zero-order valence-corrected chi connectivity index (χ0v) is 17.3. The lowest BCUT2D eigenvalue weighted by Gasteiger charge is -2.42. The Morgan fingerprint density at radius 1 is 1.21 bits per heavy atom. The van der Waals surface area contributed by atoms with Crippen LogP contribution >= 0.6 is 0 Å². The van der Waals surface area contributed by atoms with Crippen molar-refractivity contribution in [1.29, 1.82) is 0 Å². The summed E-state index contributed by atoms with van der Waals surface area (Å²) in [5.74, 6) is 0.224. The van der Waals surface area contributed by atoms with Crippen molar-refractivity contribution in [3.05, 3.63) is 18.2 Å². The largest absolute Gasteiger partial charge is 0.343 e. The standard InChI is InChI=1S/C20H31N5O3/c1-5-17(26)23-9-7-20(8-10-23)18(27)24(19(28)25(20)12-15(3)4)13-16-11-21-14-22(16)6-2/h11,14-15H,5-10,12-13H2,1-4H3. The lowest BCUT2D eigenvalue weighted by molar-refractivity contribution is -0.141. The van der Waals surface area contributed by atoms with Gasteiger partial charge in [-0.15, -0.1) is 0 Å². The quantitative estimate of drug-likeness (QED) is 0.698. The molecule has 0 bridgehead atoms. The van der Waals surface area contributed by atoms with Crippen LogP contribution in [0, 0.1) is 5.92 Å². The molecule has 1 spiro atoms. The summed E-state index contributed by atoms with van der Waals surface area (Å²) in [5.41, 5.74) is 0.0208. The molecule has 0 unspecified atom stereocenters. The summed E-state index contributed by atoms with van der Waals surface area (Å²) >= 11 is 0. The molecule has 1 aromatic rings. The number of amides is 4. The molecule has 28 heavy (non-hydrogen) atoms. The van der Waals surface area contributed by atoms with E-state index in [1.54, 1.807) is 17.4 Å². The first kappa shape index (κ1) is 20.4. The van der Waals surface area contributed by atoms with Crippen molar-refractivity contribution in [1.82, 2.24) is 24.3 Å². The first-order valence-electron chi connectivity index (χ1n) is 10.2. The van der Waals surface area contributed by atoms with Crippen LogP contribution in [0.25, 0.3) is 0 Å². The number of likely N-dealkylation sites (tertiary alicyclic amines) is 1. The molecule has 3 rings (SSSR count). The Bertz CT molecular complexity index is 749. The second kappa shape index (κ2) is 7.93. The third kappa shape index (κ3) is 3.40. The van der Waals surface area contributed by atoms with Gasteiger partial charge in [0, 0.05) is 38.8 Å². The molecule has 8 nitrogen and oxygen atoms in total. The smallest absolute Gasteiger partial charge is 0.328 e. The molecule has 1 aromatic heterocycles. The monoisotopic (exact) mass is 389 g/mol. The van der Waals surface area contributed by atoms with Crippen molar-refractivity contribution in [2.75, 3.05) is 19.6 Å². The molecule has 4 amide bonds. The third-order valence-corrected chi connectivity index (χ3v) is 5.87. The van der Waals surface area contributed by atoms with Crippen molar-refractivity contribution in [3.63, 3.8) is 0 Å². The van der Waals surface area contributed by atoms with Crippen LogP contribution in [0.2, 0.25) is 0 Å². The van der Waals surface area contributed by atoms with Crippen molar-refractivity contribution in [2.45, 2.75) is 65.6 Å². The lowest BCUT2D eigenvalue weighted by atomic mass is 9.85. The Morgan fingerprint density at radius 3 is 2.46 bits per heavy atom. The number of aromatic nitrogens is 2. The number of aryl methyl sites for hydroxylation is 1. The number of carbonyl (C=O) groups excluding carboxylic acids is 3. The van der Waals surface area contributed by atoms with Gasteiger partial charge in [-0.3, -0.25) is 14.5 Å². The summed E-state index contributed by atoms with van der Waals surface area (Å²) in [5, 5.41) is 0. The molecule has 2 aliphatic heterocycles. The minimum atomic E-state index is -0.830. The van der Waals surface area contributed by atoms with E-state index in [9.17, 15) is 14.4 Å². The van der Waals surface area contributed by atoms with E-state index in [2.05, 4.69) is 18.8 Å². The van der Waals surface area contributed by atoms with E-state index < -0.39 is 5.54 Å². The minimum Gasteiger partial charge on any atom is -0.343 e. The summed E-state index contributed by atoms with van der Waals surface area (Å²) in [6.45, 7) is 10.5. The Labute approximate surface area is 166 Å². The first-order chi connectivity index (χ1) is 13.3. The second-order valence-corrected chi connectivity index (χ2v) is 8.12. The van der Waals surface area contributed by atoms with Gasteiger partial charge in [0.05, 0.1) is 18.6 Å². The summed E-state index contributed by atoms with van der Waals surface area (Å²) in [7, 11) is 0. The Hall–Kier alpha value is -2.38. The van der Waals surface area contributed by atoms with Crippen LogP contribution in [-0.2, 0) is 22.7 Å². The van der Waals surface area contributed by atoms with E-state index in [1.807, 2.05) is 23.3 Å². The van der Waals surface area contributed by atoms with Crippen LogP contribution in [0.15, 0.2) is 12.5 Å². The molecule has 0 radical (unpaired) electrons. The predicted molar refractivity (Wildman–Crippen MR) is 104 cm³/mol. The van der Waals surface area contributed by atoms with Crippen LogP contribution in [0.3, 0.4) is 0 Å². The van der Waals surface area contributed by atoms with Crippen LogP contribution in [0.4, 0.5) is 4.79 Å². The number of rotatable bonds is 6. The Kier molecular flexibility index (Phi) is 5.76. The van der Waals surface area contributed by atoms with Gasteiger partial charge in [0.2, 0.25) is 5.91 Å². The van der Waals surface area contributed by atoms with Crippen LogP contribution in [0.5, 0.6) is 0 Å². The number of piperidine rings is 1. The molecule has 2 fully saturated rings. The highest BCUT2D eigenvalue weighted by molar-refractivity contribution is 6.07. The molecule has 154 valence electrons. The number of imide groups is 1. The summed E-state index contributed by atoms with van der Waals surface area (Å²) in [4.78, 5) is 47.9. The molecule has 2 saturated heterocycles. The maximum Gasteiger partial charge on any atom is 0.328 e. The van der Waals surface area contributed by atoms with E-state index >= 15 is 0 Å². The average Bonchev–Trinajstić information content (AvgIpc) is 3.21. The van der Waals surface area contributed by atoms with Gasteiger partial charge in [-0.25, -0.2) is 9.78 Å². The second-order valence-electron chi connectivity index (χ2n) is 8.12. The van der Waals surface area contributed by atoms with Crippen LogP contribution in [0.1, 0.15) is 52.7 Å². The van der Waals surface area contributed by atoms with E-state index in [4.69, 9.17) is 0 Å². The topological polar surface area (TPSA) is 78.8 Å². The normalized spacial score (nSPS) is 19.4. The van der Waals surface area contributed by atoms with Gasteiger partial charge < -0.3 is 14.4 Å². The van der Waals surface area contributed by atoms with E-state index in [0.717, 1.165) is 12.2 Å². The fourth-order valence-corrected chi connectivity index (χ4v) is 4.30. The number of urea groups is 1. The van der Waals surface area contributed by atoms with Crippen LogP contribution < -0.4 is 0 Å². The fourth-order valence-electron chi connectivity index (χ4n) is 4.30. The molecule has 0 N–H and O–H groups in total. The molecule has 8 heteroatoms. The summed E-state index contributed by atoms with van der Waals surface area (Å²) in [6.07, 6.45) is 4.89. The van der Waals surface area contributed by atoms with Crippen molar-refractivity contribution in [3.8, 4) is 0 Å². The molecule has 0 atom stereocenters. The summed E-state index contributed by atoms with van der Waals surface area (Å²) < 4.78 is 1.95. The van der Waals surface area contributed by atoms with E-state index in [0.29, 0.717) is 38.9 Å². The van der Waals surface area contributed by atoms with E-state index in [-0.39, 0.29) is 30.3 Å². The molecule has 2 aliphatic rings. The van der Waals surface area contributed by atoms with Gasteiger partial charge in [0.1, 0.15) is 5.54 Å². The molecular formula is C20H31N5O3. The van der Waals surface area contributed by atoms with Crippen molar-refractivity contribution < 1.29 is 14.4 Å².